The Balaban J connectivity index is 1.94. The zero-order valence-corrected chi connectivity index (χ0v) is 14.7. The minimum atomic E-state index is -3.75. The Kier molecular flexibility index (Phi) is 4.90. The first-order valence-electron chi connectivity index (χ1n) is 8.20. The Morgan fingerprint density at radius 2 is 1.92 bits per heavy atom. The number of hydrogen-bond acceptors (Lipinski definition) is 5. The van der Waals surface area contributed by atoms with Gasteiger partial charge in [0.05, 0.1) is 11.0 Å². The molecule has 1 aromatic rings. The largest absolute Gasteiger partial charge is 0.356 e. The summed E-state index contributed by atoms with van der Waals surface area (Å²) in [6.45, 7) is 4.26. The van der Waals surface area contributed by atoms with Gasteiger partial charge in [-0.3, -0.25) is 4.79 Å². The van der Waals surface area contributed by atoms with Crippen molar-refractivity contribution in [2.75, 3.05) is 13.4 Å². The molecule has 1 aromatic carbocycles. The molecule has 2 aliphatic carbocycles. The molecular weight excluding hydrogens is 328 g/mol. The van der Waals surface area contributed by atoms with E-state index in [4.69, 9.17) is 9.47 Å². The minimum absolute atomic E-state index is 0.121. The fourth-order valence-corrected chi connectivity index (χ4v) is 5.73. The molecule has 0 spiro atoms. The van der Waals surface area contributed by atoms with E-state index < -0.39 is 21.0 Å². The van der Waals surface area contributed by atoms with Crippen LogP contribution in [-0.4, -0.2) is 39.0 Å². The minimum Gasteiger partial charge on any atom is -0.356 e. The topological polar surface area (TPSA) is 69.7 Å². The average molecular weight is 350 g/mol. The average Bonchev–Trinajstić information content (AvgIpc) is 3.09. The SMILES string of the molecule is CCOCO[C@H]1CCC2=C(C)C(=O)[C@H](S(=O)(=O)c3ccccc3)[C@H]21. The van der Waals surface area contributed by atoms with Crippen LogP contribution in [0.4, 0.5) is 0 Å². The highest BCUT2D eigenvalue weighted by atomic mass is 32.2. The van der Waals surface area contributed by atoms with Gasteiger partial charge in [-0.1, -0.05) is 23.8 Å². The molecule has 24 heavy (non-hydrogen) atoms. The normalized spacial score (nSPS) is 26.9. The van der Waals surface area contributed by atoms with Crippen molar-refractivity contribution in [3.8, 4) is 0 Å². The van der Waals surface area contributed by atoms with E-state index in [0.717, 1.165) is 12.0 Å². The number of benzene rings is 1. The van der Waals surface area contributed by atoms with Crippen LogP contribution in [0.5, 0.6) is 0 Å². The van der Waals surface area contributed by atoms with Crippen molar-refractivity contribution in [2.24, 2.45) is 5.92 Å². The highest BCUT2D eigenvalue weighted by Gasteiger charge is 2.53. The molecule has 1 fully saturated rings. The van der Waals surface area contributed by atoms with Crippen molar-refractivity contribution < 1.29 is 22.7 Å². The first-order valence-corrected chi connectivity index (χ1v) is 9.75. The van der Waals surface area contributed by atoms with Gasteiger partial charge in [0.1, 0.15) is 12.0 Å². The van der Waals surface area contributed by atoms with Gasteiger partial charge in [0.25, 0.3) is 0 Å². The predicted octanol–water partition coefficient (Wildman–Crippen LogP) is 2.52. The lowest BCUT2D eigenvalue weighted by Gasteiger charge is -2.24. The molecule has 130 valence electrons. The lowest BCUT2D eigenvalue weighted by Crippen LogP contribution is -2.38. The van der Waals surface area contributed by atoms with Crippen LogP contribution in [0.2, 0.25) is 0 Å². The zero-order chi connectivity index (χ0) is 17.3. The summed E-state index contributed by atoms with van der Waals surface area (Å²) in [7, 11) is -3.75. The van der Waals surface area contributed by atoms with E-state index in [9.17, 15) is 13.2 Å². The van der Waals surface area contributed by atoms with Gasteiger partial charge in [0, 0.05) is 12.5 Å². The van der Waals surface area contributed by atoms with Gasteiger partial charge in [-0.25, -0.2) is 8.42 Å². The standard InChI is InChI=1S/C18H22O5S/c1-3-22-11-23-15-10-9-14-12(2)17(19)18(16(14)15)24(20,21)13-7-5-4-6-8-13/h4-8,15-16,18H,3,9-11H2,1-2H3/t15-,16+,18+/m0/s1. The number of fused-ring (bicyclic) bond motifs is 1. The molecule has 0 unspecified atom stereocenters. The molecule has 5 nitrogen and oxygen atoms in total. The molecule has 0 amide bonds. The van der Waals surface area contributed by atoms with Crippen LogP contribution in [0, 0.1) is 5.92 Å². The summed E-state index contributed by atoms with van der Waals surface area (Å²) in [5.41, 5.74) is 1.53. The molecular formula is C18H22O5S. The number of carbonyl (C=O) groups is 1. The quantitative estimate of drug-likeness (QED) is 0.582. The number of sulfone groups is 1. The monoisotopic (exact) mass is 350 g/mol. The molecule has 0 N–H and O–H groups in total. The molecule has 2 aliphatic rings. The van der Waals surface area contributed by atoms with Gasteiger partial charge in [0.2, 0.25) is 0 Å². The second-order valence-corrected chi connectivity index (χ2v) is 8.24. The maximum atomic E-state index is 13.1. The first-order chi connectivity index (χ1) is 11.5. The van der Waals surface area contributed by atoms with Crippen LogP contribution in [0.15, 0.2) is 46.4 Å². The van der Waals surface area contributed by atoms with Crippen LogP contribution in [0.1, 0.15) is 26.7 Å². The molecule has 0 heterocycles. The van der Waals surface area contributed by atoms with Crippen LogP contribution in [0.25, 0.3) is 0 Å². The number of allylic oxidation sites excluding steroid dienone is 1. The molecule has 3 atom stereocenters. The van der Waals surface area contributed by atoms with E-state index in [-0.39, 0.29) is 23.6 Å². The van der Waals surface area contributed by atoms with E-state index in [0.29, 0.717) is 18.6 Å². The Hall–Kier alpha value is -1.50. The highest BCUT2D eigenvalue weighted by Crippen LogP contribution is 2.47. The smallest absolute Gasteiger partial charge is 0.189 e. The van der Waals surface area contributed by atoms with Crippen molar-refractivity contribution in [1.82, 2.24) is 0 Å². The molecule has 0 radical (unpaired) electrons. The molecule has 0 saturated heterocycles. The maximum absolute atomic E-state index is 13.1. The van der Waals surface area contributed by atoms with E-state index in [1.54, 1.807) is 37.3 Å². The fourth-order valence-electron chi connectivity index (χ4n) is 3.71. The summed E-state index contributed by atoms with van der Waals surface area (Å²) in [5.74, 6) is -0.688. The Morgan fingerprint density at radius 1 is 1.21 bits per heavy atom. The molecule has 1 saturated carbocycles. The molecule has 6 heteroatoms. The Labute approximate surface area is 142 Å². The first kappa shape index (κ1) is 17.3. The third-order valence-corrected chi connectivity index (χ3v) is 7.02. The van der Waals surface area contributed by atoms with Gasteiger partial charge >= 0.3 is 0 Å². The number of hydrogen-bond donors (Lipinski definition) is 0. The third-order valence-electron chi connectivity index (χ3n) is 4.91. The number of ether oxygens (including phenoxy) is 2. The summed E-state index contributed by atoms with van der Waals surface area (Å²) in [6, 6.07) is 8.19. The molecule has 0 aromatic heterocycles. The Bertz CT molecular complexity index is 751. The lowest BCUT2D eigenvalue weighted by molar-refractivity contribution is -0.118. The van der Waals surface area contributed by atoms with Crippen molar-refractivity contribution in [3.63, 3.8) is 0 Å². The molecule has 3 rings (SSSR count). The van der Waals surface area contributed by atoms with Crippen LogP contribution in [-0.2, 0) is 24.1 Å². The summed E-state index contributed by atoms with van der Waals surface area (Å²) < 4.78 is 37.1. The molecule has 0 aliphatic heterocycles. The van der Waals surface area contributed by atoms with Gasteiger partial charge in [0.15, 0.2) is 15.6 Å². The number of ketones is 1. The highest BCUT2D eigenvalue weighted by molar-refractivity contribution is 7.93. The van der Waals surface area contributed by atoms with Gasteiger partial charge in [-0.15, -0.1) is 0 Å². The second-order valence-electron chi connectivity index (χ2n) is 6.17. The fraction of sp³-hybridized carbons (Fsp3) is 0.500. The predicted molar refractivity (Wildman–Crippen MR) is 89.2 cm³/mol. The zero-order valence-electron chi connectivity index (χ0n) is 13.9. The van der Waals surface area contributed by atoms with Gasteiger partial charge in [-0.2, -0.15) is 0 Å². The Morgan fingerprint density at radius 3 is 2.58 bits per heavy atom. The van der Waals surface area contributed by atoms with Gasteiger partial charge < -0.3 is 9.47 Å². The summed E-state index contributed by atoms with van der Waals surface area (Å²) in [5, 5.41) is -1.08. The summed E-state index contributed by atoms with van der Waals surface area (Å²) >= 11 is 0. The summed E-state index contributed by atoms with van der Waals surface area (Å²) in [6.07, 6.45) is 1.13. The second kappa shape index (κ2) is 6.78. The van der Waals surface area contributed by atoms with Crippen LogP contribution in [0.3, 0.4) is 0 Å². The van der Waals surface area contributed by atoms with Gasteiger partial charge in [-0.05, 0) is 44.4 Å². The third kappa shape index (κ3) is 2.83. The summed E-state index contributed by atoms with van der Waals surface area (Å²) in [4.78, 5) is 12.9. The van der Waals surface area contributed by atoms with Crippen molar-refractivity contribution in [2.45, 2.75) is 42.9 Å². The van der Waals surface area contributed by atoms with E-state index >= 15 is 0 Å². The number of rotatable bonds is 6. The number of Topliss-reactive ketones (excluding diaryl/α,β-unsaturated/α-hetero) is 1. The lowest BCUT2D eigenvalue weighted by atomic mass is 10.0. The van der Waals surface area contributed by atoms with Crippen molar-refractivity contribution in [3.05, 3.63) is 41.5 Å². The number of carbonyl (C=O) groups excluding carboxylic acids is 1. The van der Waals surface area contributed by atoms with Crippen molar-refractivity contribution in [1.29, 1.82) is 0 Å². The van der Waals surface area contributed by atoms with Crippen LogP contribution < -0.4 is 0 Å². The van der Waals surface area contributed by atoms with E-state index in [1.165, 1.54) is 0 Å². The van der Waals surface area contributed by atoms with Crippen molar-refractivity contribution >= 4 is 15.6 Å². The van der Waals surface area contributed by atoms with E-state index in [1.807, 2.05) is 6.92 Å². The van der Waals surface area contributed by atoms with E-state index in [2.05, 4.69) is 0 Å². The van der Waals surface area contributed by atoms with Crippen LogP contribution >= 0.6 is 0 Å². The maximum Gasteiger partial charge on any atom is 0.189 e. The molecule has 0 bridgehead atoms.